The van der Waals surface area contributed by atoms with Gasteiger partial charge in [-0.1, -0.05) is 6.92 Å². The zero-order chi connectivity index (χ0) is 18.7. The van der Waals surface area contributed by atoms with E-state index in [9.17, 15) is 0 Å². The maximum Gasteiger partial charge on any atom is 0.191 e. The lowest BCUT2D eigenvalue weighted by Crippen LogP contribution is -2.40. The summed E-state index contributed by atoms with van der Waals surface area (Å²) in [5, 5.41) is 6.84. The topological polar surface area (TPSA) is 65.7 Å². The van der Waals surface area contributed by atoms with Crippen LogP contribution in [0.3, 0.4) is 0 Å². The normalized spacial score (nSPS) is 15.2. The number of nitrogens with one attached hydrogen (secondary N) is 2. The van der Waals surface area contributed by atoms with Crippen LogP contribution in [0.25, 0.3) is 0 Å². The minimum Gasteiger partial charge on any atom is -0.469 e. The molecule has 0 unspecified atom stereocenters. The van der Waals surface area contributed by atoms with Crippen LogP contribution < -0.4 is 15.5 Å². The van der Waals surface area contributed by atoms with Gasteiger partial charge in [0.2, 0.25) is 0 Å². The maximum absolute atomic E-state index is 5.39. The van der Waals surface area contributed by atoms with Crippen molar-refractivity contribution in [3.05, 3.63) is 48.7 Å². The van der Waals surface area contributed by atoms with Crippen LogP contribution in [0.1, 0.15) is 31.9 Å². The predicted molar refractivity (Wildman–Crippen MR) is 126 cm³/mol. The first-order valence-corrected chi connectivity index (χ1v) is 10.0. The molecule has 1 fully saturated rings. The van der Waals surface area contributed by atoms with Gasteiger partial charge in [0.05, 0.1) is 6.26 Å². The molecule has 0 atom stereocenters. The molecule has 0 saturated carbocycles. The van der Waals surface area contributed by atoms with Crippen molar-refractivity contribution >= 4 is 35.6 Å². The van der Waals surface area contributed by atoms with E-state index in [-0.39, 0.29) is 24.0 Å². The van der Waals surface area contributed by atoms with Crippen molar-refractivity contribution in [2.45, 2.75) is 32.6 Å². The minimum atomic E-state index is 0. The van der Waals surface area contributed by atoms with Gasteiger partial charge >= 0.3 is 0 Å². The summed E-state index contributed by atoms with van der Waals surface area (Å²) >= 11 is 0. The minimum absolute atomic E-state index is 0. The average Bonchev–Trinajstić information content (AvgIpc) is 3.24. The van der Waals surface area contributed by atoms with Gasteiger partial charge in [-0.25, -0.2) is 0 Å². The lowest BCUT2D eigenvalue weighted by Gasteiger charge is -2.33. The first-order chi connectivity index (χ1) is 13.3. The average molecular weight is 497 g/mol. The van der Waals surface area contributed by atoms with E-state index in [1.807, 2.05) is 24.5 Å². The SMILES string of the molecule is CCCNC(=NCC1CCN(c2ccncc2)CC1)NCCc1ccco1.I. The van der Waals surface area contributed by atoms with E-state index >= 15 is 0 Å². The number of aromatic nitrogens is 1. The van der Waals surface area contributed by atoms with E-state index in [2.05, 4.69) is 39.6 Å². The van der Waals surface area contributed by atoms with Crippen molar-refractivity contribution in [1.82, 2.24) is 15.6 Å². The molecule has 1 aliphatic rings. The van der Waals surface area contributed by atoms with Crippen LogP contribution in [0.4, 0.5) is 5.69 Å². The van der Waals surface area contributed by atoms with Crippen molar-refractivity contribution in [3.63, 3.8) is 0 Å². The van der Waals surface area contributed by atoms with Gasteiger partial charge in [0, 0.05) is 57.2 Å². The third kappa shape index (κ3) is 7.33. The molecule has 0 radical (unpaired) electrons. The summed E-state index contributed by atoms with van der Waals surface area (Å²) in [6, 6.07) is 8.12. The third-order valence-electron chi connectivity index (χ3n) is 4.94. The summed E-state index contributed by atoms with van der Waals surface area (Å²) in [5.41, 5.74) is 1.27. The Morgan fingerprint density at radius 1 is 1.18 bits per heavy atom. The molecular weight excluding hydrogens is 465 g/mol. The molecule has 7 heteroatoms. The Kier molecular flexibility index (Phi) is 10.2. The van der Waals surface area contributed by atoms with Gasteiger partial charge in [-0.05, 0) is 49.4 Å². The number of rotatable bonds is 8. The van der Waals surface area contributed by atoms with Gasteiger partial charge < -0.3 is 20.0 Å². The molecule has 3 rings (SSSR count). The van der Waals surface area contributed by atoms with Crippen LogP contribution >= 0.6 is 24.0 Å². The number of hydrogen-bond acceptors (Lipinski definition) is 4. The summed E-state index contributed by atoms with van der Waals surface area (Å²) in [7, 11) is 0. The zero-order valence-corrected chi connectivity index (χ0v) is 19.0. The van der Waals surface area contributed by atoms with E-state index in [1.165, 1.54) is 18.5 Å². The number of anilines is 1. The summed E-state index contributed by atoms with van der Waals surface area (Å²) in [4.78, 5) is 11.4. The van der Waals surface area contributed by atoms with Gasteiger partial charge in [-0.2, -0.15) is 0 Å². The lowest BCUT2D eigenvalue weighted by molar-refractivity contribution is 0.414. The Balaban J connectivity index is 0.00000280. The van der Waals surface area contributed by atoms with Crippen LogP contribution in [0.5, 0.6) is 0 Å². The molecule has 6 nitrogen and oxygen atoms in total. The fourth-order valence-electron chi connectivity index (χ4n) is 3.33. The second kappa shape index (κ2) is 12.6. The molecule has 0 bridgehead atoms. The number of pyridine rings is 1. The van der Waals surface area contributed by atoms with E-state index < -0.39 is 0 Å². The molecule has 0 amide bonds. The largest absolute Gasteiger partial charge is 0.469 e. The zero-order valence-electron chi connectivity index (χ0n) is 16.6. The fraction of sp³-hybridized carbons (Fsp3) is 0.524. The molecular formula is C21H32IN5O. The number of halogens is 1. The first kappa shape index (κ1) is 22.5. The Morgan fingerprint density at radius 2 is 1.93 bits per heavy atom. The lowest BCUT2D eigenvalue weighted by atomic mass is 9.97. The summed E-state index contributed by atoms with van der Waals surface area (Å²) in [5.74, 6) is 2.56. The quantitative estimate of drug-likeness (QED) is 0.331. The molecule has 3 heterocycles. The van der Waals surface area contributed by atoms with Gasteiger partial charge in [-0.15, -0.1) is 24.0 Å². The van der Waals surface area contributed by atoms with Crippen LogP contribution in [-0.4, -0.2) is 43.7 Å². The van der Waals surface area contributed by atoms with Crippen LogP contribution in [0.2, 0.25) is 0 Å². The second-order valence-corrected chi connectivity index (χ2v) is 7.01. The van der Waals surface area contributed by atoms with Gasteiger partial charge in [0.15, 0.2) is 5.96 Å². The van der Waals surface area contributed by atoms with Gasteiger partial charge in [0.1, 0.15) is 5.76 Å². The monoisotopic (exact) mass is 497 g/mol. The van der Waals surface area contributed by atoms with Crippen molar-refractivity contribution in [3.8, 4) is 0 Å². The van der Waals surface area contributed by atoms with Crippen LogP contribution in [-0.2, 0) is 6.42 Å². The highest BCUT2D eigenvalue weighted by atomic mass is 127. The molecule has 1 saturated heterocycles. The van der Waals surface area contributed by atoms with Crippen molar-refractivity contribution in [2.24, 2.45) is 10.9 Å². The predicted octanol–water partition coefficient (Wildman–Crippen LogP) is 3.70. The van der Waals surface area contributed by atoms with E-state index in [4.69, 9.17) is 9.41 Å². The Labute approximate surface area is 185 Å². The third-order valence-corrected chi connectivity index (χ3v) is 4.94. The molecule has 0 aliphatic carbocycles. The van der Waals surface area contributed by atoms with Crippen molar-refractivity contribution in [2.75, 3.05) is 37.6 Å². The van der Waals surface area contributed by atoms with Gasteiger partial charge in [0.25, 0.3) is 0 Å². The number of aliphatic imine (C=N–C) groups is 1. The summed E-state index contributed by atoms with van der Waals surface area (Å²) in [6.07, 6.45) is 9.77. The molecule has 0 spiro atoms. The number of furan rings is 1. The summed E-state index contributed by atoms with van der Waals surface area (Å²) in [6.45, 7) is 6.99. The van der Waals surface area contributed by atoms with Gasteiger partial charge in [-0.3, -0.25) is 9.98 Å². The smallest absolute Gasteiger partial charge is 0.191 e. The second-order valence-electron chi connectivity index (χ2n) is 7.01. The molecule has 2 aromatic rings. The highest BCUT2D eigenvalue weighted by molar-refractivity contribution is 14.0. The van der Waals surface area contributed by atoms with E-state index in [0.29, 0.717) is 5.92 Å². The number of piperidine rings is 1. The Bertz CT molecular complexity index is 669. The fourth-order valence-corrected chi connectivity index (χ4v) is 3.33. The number of nitrogens with zero attached hydrogens (tertiary/aromatic N) is 3. The number of guanidine groups is 1. The highest BCUT2D eigenvalue weighted by Crippen LogP contribution is 2.22. The number of hydrogen-bond donors (Lipinski definition) is 2. The van der Waals surface area contributed by atoms with Crippen LogP contribution in [0, 0.1) is 5.92 Å². The van der Waals surface area contributed by atoms with Crippen molar-refractivity contribution < 1.29 is 4.42 Å². The Hall–Kier alpha value is -1.77. The van der Waals surface area contributed by atoms with Crippen LogP contribution in [0.15, 0.2) is 52.3 Å². The highest BCUT2D eigenvalue weighted by Gasteiger charge is 2.19. The standard InChI is InChI=1S/C21H31N5O.HI/c1-2-10-23-21(24-13-7-20-4-3-16-27-20)25-17-18-8-14-26(15-9-18)19-5-11-22-12-6-19;/h3-6,11-12,16,18H,2,7-10,13-15,17H2,1H3,(H2,23,24,25);1H. The molecule has 0 aromatic carbocycles. The van der Waals surface area contributed by atoms with E-state index in [0.717, 1.165) is 57.3 Å². The molecule has 2 N–H and O–H groups in total. The van der Waals surface area contributed by atoms with Crippen molar-refractivity contribution in [1.29, 1.82) is 0 Å². The Morgan fingerprint density at radius 3 is 2.61 bits per heavy atom. The first-order valence-electron chi connectivity index (χ1n) is 10.0. The molecule has 1 aliphatic heterocycles. The molecule has 154 valence electrons. The summed E-state index contributed by atoms with van der Waals surface area (Å²) < 4.78 is 5.39. The maximum atomic E-state index is 5.39. The molecule has 2 aromatic heterocycles. The molecule has 28 heavy (non-hydrogen) atoms. The van der Waals surface area contributed by atoms with E-state index in [1.54, 1.807) is 6.26 Å².